The van der Waals surface area contributed by atoms with Crippen LogP contribution in [0.5, 0.6) is 5.75 Å². The minimum atomic E-state index is -0.379. The fourth-order valence-corrected chi connectivity index (χ4v) is 5.58. The average Bonchev–Trinajstić information content (AvgIpc) is 3.35. The quantitative estimate of drug-likeness (QED) is 0.181. The maximum atomic E-state index is 10.8. The van der Waals surface area contributed by atoms with Crippen molar-refractivity contribution < 1.29 is 26.2 Å². The molecule has 0 fully saturated rings. The minimum absolute atomic E-state index is 0. The molecule has 4 nitrogen and oxygen atoms in total. The topological polar surface area (TPSA) is 50.9 Å². The summed E-state index contributed by atoms with van der Waals surface area (Å²) in [4.78, 5) is 10.4. The Balaban J connectivity index is 0.00000316. The van der Waals surface area contributed by atoms with Gasteiger partial charge in [0, 0.05) is 42.9 Å². The van der Waals surface area contributed by atoms with Crippen LogP contribution in [0, 0.1) is 6.07 Å². The number of hydrogen-bond acceptors (Lipinski definition) is 3. The summed E-state index contributed by atoms with van der Waals surface area (Å²) < 4.78 is 2.04. The molecule has 42 heavy (non-hydrogen) atoms. The van der Waals surface area contributed by atoms with Gasteiger partial charge < -0.3 is 5.11 Å². The van der Waals surface area contributed by atoms with Gasteiger partial charge in [-0.05, 0) is 53.6 Å². The van der Waals surface area contributed by atoms with E-state index >= 15 is 0 Å². The van der Waals surface area contributed by atoms with Gasteiger partial charge >= 0.3 is 0 Å². The molecule has 0 bridgehead atoms. The number of rotatable bonds is 5. The van der Waals surface area contributed by atoms with Crippen molar-refractivity contribution >= 4 is 21.9 Å². The van der Waals surface area contributed by atoms with Gasteiger partial charge in [-0.2, -0.15) is 35.9 Å². The molecule has 0 amide bonds. The van der Waals surface area contributed by atoms with Crippen molar-refractivity contribution in [1.29, 1.82) is 0 Å². The summed E-state index contributed by atoms with van der Waals surface area (Å²) >= 11 is 0. The number of para-hydroxylation sites is 3. The van der Waals surface area contributed by atoms with Gasteiger partial charge in [0.05, 0.1) is 22.6 Å². The van der Waals surface area contributed by atoms with Crippen molar-refractivity contribution in [1.82, 2.24) is 14.5 Å². The Hall–Kier alpha value is -4.53. The number of aromatic hydroxyl groups is 1. The Morgan fingerprint density at radius 2 is 1.40 bits per heavy atom. The monoisotopic (exact) mass is 725 g/mol. The van der Waals surface area contributed by atoms with E-state index in [9.17, 15) is 5.11 Å². The van der Waals surface area contributed by atoms with Crippen LogP contribution in [0.25, 0.3) is 50.1 Å². The summed E-state index contributed by atoms with van der Waals surface area (Å²) in [5.41, 5.74) is 7.85. The molecule has 7 rings (SSSR count). The number of fused-ring (bicyclic) bond motifs is 3. The fourth-order valence-electron chi connectivity index (χ4n) is 5.58. The van der Waals surface area contributed by atoms with E-state index in [0.29, 0.717) is 5.69 Å². The van der Waals surface area contributed by atoms with Crippen molar-refractivity contribution in [2.24, 2.45) is 0 Å². The first kappa shape index (κ1) is 27.6. The zero-order chi connectivity index (χ0) is 28.0. The average molecular weight is 726 g/mol. The van der Waals surface area contributed by atoms with Gasteiger partial charge in [-0.1, -0.05) is 74.5 Å². The molecular formula is C37H28N3OPt-. The van der Waals surface area contributed by atoms with E-state index in [-0.39, 0.29) is 32.2 Å². The molecule has 4 aromatic carbocycles. The number of hydrogen-bond donors (Lipinski definition) is 1. The molecule has 0 aliphatic rings. The molecule has 1 N–H and O–H groups in total. The molecule has 0 saturated carbocycles. The molecule has 5 heteroatoms. The summed E-state index contributed by atoms with van der Waals surface area (Å²) in [5.74, 6) is 0.203. The van der Waals surface area contributed by atoms with Crippen LogP contribution in [-0.4, -0.2) is 19.6 Å². The number of phenols is 1. The molecule has 0 aliphatic carbocycles. The van der Waals surface area contributed by atoms with Crippen LogP contribution in [0.4, 0.5) is 0 Å². The maximum Gasteiger partial charge on any atom is 0.146 e. The molecule has 0 unspecified atom stereocenters. The van der Waals surface area contributed by atoms with E-state index in [4.69, 9.17) is 9.97 Å². The van der Waals surface area contributed by atoms with Crippen LogP contribution in [0.3, 0.4) is 0 Å². The van der Waals surface area contributed by atoms with E-state index in [2.05, 4.69) is 80.6 Å². The van der Waals surface area contributed by atoms with E-state index in [1.807, 2.05) is 65.2 Å². The third-order valence-electron chi connectivity index (χ3n) is 7.86. The second kappa shape index (κ2) is 11.0. The van der Waals surface area contributed by atoms with Gasteiger partial charge in [0.2, 0.25) is 0 Å². The summed E-state index contributed by atoms with van der Waals surface area (Å²) in [7, 11) is 0. The largest absolute Gasteiger partial charge is 0.506 e. The third-order valence-corrected chi connectivity index (χ3v) is 7.86. The first-order chi connectivity index (χ1) is 20.0. The van der Waals surface area contributed by atoms with Crippen LogP contribution in [-0.2, 0) is 26.5 Å². The molecule has 7 aromatic rings. The van der Waals surface area contributed by atoms with Gasteiger partial charge in [-0.3, -0.25) is 9.55 Å². The Kier molecular flexibility index (Phi) is 7.26. The first-order valence-corrected chi connectivity index (χ1v) is 13.7. The van der Waals surface area contributed by atoms with Gasteiger partial charge in [0.1, 0.15) is 11.4 Å². The summed E-state index contributed by atoms with van der Waals surface area (Å²) in [6.07, 6.45) is 0. The van der Waals surface area contributed by atoms with Crippen molar-refractivity contribution in [3.05, 3.63) is 145 Å². The second-order valence-electron chi connectivity index (χ2n) is 10.8. The Labute approximate surface area is 259 Å². The number of benzene rings is 4. The van der Waals surface area contributed by atoms with Crippen molar-refractivity contribution in [2.75, 3.05) is 0 Å². The Morgan fingerprint density at radius 3 is 2.19 bits per heavy atom. The maximum absolute atomic E-state index is 10.8. The molecule has 0 radical (unpaired) electrons. The SMILES string of the molecule is CC(C)(c1[c-]cccc1)c1cc(-c2ccccc2)cc(-c2ccc3c4ccccc4n(-c4ccccc4O)c3n2)n1.[Pt]. The van der Waals surface area contributed by atoms with Crippen molar-refractivity contribution in [2.45, 2.75) is 19.3 Å². The molecular weight excluding hydrogens is 698 g/mol. The van der Waals surface area contributed by atoms with E-state index in [1.54, 1.807) is 6.07 Å². The summed E-state index contributed by atoms with van der Waals surface area (Å²) in [6.45, 7) is 4.37. The van der Waals surface area contributed by atoms with Gasteiger partial charge in [-0.25, -0.2) is 4.98 Å². The summed E-state index contributed by atoms with van der Waals surface area (Å²) in [5, 5.41) is 12.9. The zero-order valence-corrected chi connectivity index (χ0v) is 25.5. The minimum Gasteiger partial charge on any atom is -0.506 e. The number of nitrogens with zero attached hydrogens (tertiary/aromatic N) is 3. The normalized spacial score (nSPS) is 11.5. The van der Waals surface area contributed by atoms with Crippen LogP contribution in [0.2, 0.25) is 0 Å². The molecule has 0 aliphatic heterocycles. The summed E-state index contributed by atoms with van der Waals surface area (Å²) in [6, 6.07) is 45.9. The standard InChI is InChI=1S/C37H28N3O.Pt/c1-37(2,27-15-7-4-8-16-27)35-24-26(25-13-5-3-6-14-25)23-31(38-35)30-22-21-29-28-17-9-10-18-32(28)40(36(29)39-30)33-19-11-12-20-34(33)41;/h3-15,17-24,41H,1-2H3;/q-1;. The van der Waals surface area contributed by atoms with Crippen LogP contribution in [0.15, 0.2) is 127 Å². The van der Waals surface area contributed by atoms with E-state index < -0.39 is 0 Å². The van der Waals surface area contributed by atoms with E-state index in [1.165, 1.54) is 0 Å². The molecule has 3 aromatic heterocycles. The van der Waals surface area contributed by atoms with Gasteiger partial charge in [-0.15, -0.1) is 0 Å². The molecule has 0 spiro atoms. The van der Waals surface area contributed by atoms with E-state index in [0.717, 1.165) is 55.7 Å². The number of pyridine rings is 2. The number of aromatic nitrogens is 3. The fraction of sp³-hybridized carbons (Fsp3) is 0.0811. The van der Waals surface area contributed by atoms with Crippen LogP contribution < -0.4 is 0 Å². The Bertz CT molecular complexity index is 2030. The third kappa shape index (κ3) is 4.72. The molecule has 0 saturated heterocycles. The molecule has 0 atom stereocenters. The van der Waals surface area contributed by atoms with Crippen molar-refractivity contribution in [3.63, 3.8) is 0 Å². The first-order valence-electron chi connectivity index (χ1n) is 13.7. The number of phenolic OH excluding ortho intramolecular Hbond substituents is 1. The molecule has 208 valence electrons. The smallest absolute Gasteiger partial charge is 0.146 e. The van der Waals surface area contributed by atoms with Crippen LogP contribution in [0.1, 0.15) is 25.1 Å². The second-order valence-corrected chi connectivity index (χ2v) is 10.8. The van der Waals surface area contributed by atoms with Gasteiger partial charge in [0.15, 0.2) is 0 Å². The predicted molar refractivity (Wildman–Crippen MR) is 166 cm³/mol. The Morgan fingerprint density at radius 1 is 0.667 bits per heavy atom. The predicted octanol–water partition coefficient (Wildman–Crippen LogP) is 8.74. The van der Waals surface area contributed by atoms with Crippen molar-refractivity contribution in [3.8, 4) is 34.0 Å². The molecule has 3 heterocycles. The zero-order valence-electron chi connectivity index (χ0n) is 23.2. The van der Waals surface area contributed by atoms with Gasteiger partial charge in [0.25, 0.3) is 0 Å². The van der Waals surface area contributed by atoms with Crippen LogP contribution >= 0.6 is 0 Å².